The number of benzene rings is 1. The molecule has 0 aromatic heterocycles. The van der Waals surface area contributed by atoms with Crippen molar-refractivity contribution in [3.8, 4) is 5.75 Å². The van der Waals surface area contributed by atoms with E-state index in [-0.39, 0.29) is 29.1 Å². The molecule has 24 heavy (non-hydrogen) atoms. The van der Waals surface area contributed by atoms with Gasteiger partial charge in [0.05, 0.1) is 11.5 Å². The molecule has 138 valence electrons. The number of carbonyl (C=O) groups excluding carboxylic acids is 1. The van der Waals surface area contributed by atoms with E-state index in [9.17, 15) is 13.2 Å². The van der Waals surface area contributed by atoms with Crippen LogP contribution in [0.2, 0.25) is 0 Å². The lowest BCUT2D eigenvalue weighted by molar-refractivity contribution is -0.133. The van der Waals surface area contributed by atoms with E-state index in [0.29, 0.717) is 31.9 Å². The molecule has 0 radical (unpaired) electrons. The van der Waals surface area contributed by atoms with Gasteiger partial charge >= 0.3 is 0 Å². The second kappa shape index (κ2) is 10.5. The Hall–Kier alpha value is -1.31. The molecule has 0 heterocycles. The Morgan fingerprint density at radius 3 is 2.62 bits per heavy atom. The van der Waals surface area contributed by atoms with Gasteiger partial charge in [-0.2, -0.15) is 0 Å². The molecule has 1 unspecified atom stereocenters. The van der Waals surface area contributed by atoms with Gasteiger partial charge in [0.1, 0.15) is 5.75 Å². The van der Waals surface area contributed by atoms with Crippen LogP contribution in [0.25, 0.3) is 0 Å². The number of nitrogens with one attached hydrogen (secondary N) is 1. The minimum Gasteiger partial charge on any atom is -0.493 e. The van der Waals surface area contributed by atoms with Crippen LogP contribution >= 0.6 is 12.4 Å². The van der Waals surface area contributed by atoms with E-state index in [2.05, 4.69) is 5.32 Å². The molecule has 0 fully saturated rings. The van der Waals surface area contributed by atoms with Gasteiger partial charge in [-0.05, 0) is 31.7 Å². The van der Waals surface area contributed by atoms with Crippen molar-refractivity contribution in [3.63, 3.8) is 0 Å². The maximum atomic E-state index is 12.0. The van der Waals surface area contributed by atoms with E-state index in [1.807, 2.05) is 14.0 Å². The summed E-state index contributed by atoms with van der Waals surface area (Å²) in [4.78, 5) is 14.0. The Kier molecular flexibility index (Phi) is 9.96. The fourth-order valence-electron chi connectivity index (χ4n) is 2.17. The van der Waals surface area contributed by atoms with E-state index in [1.54, 1.807) is 24.1 Å². The normalized spacial score (nSPS) is 12.2. The first-order valence-electron chi connectivity index (χ1n) is 7.58. The number of hydrogen-bond donors (Lipinski definition) is 1. The number of carbonyl (C=O) groups is 1. The van der Waals surface area contributed by atoms with Crippen LogP contribution in [0.1, 0.15) is 13.3 Å². The molecule has 0 saturated carbocycles. The molecule has 1 amide bonds. The molecule has 0 spiro atoms. The second-order valence-corrected chi connectivity index (χ2v) is 7.68. The van der Waals surface area contributed by atoms with Crippen LogP contribution in [0, 0.1) is 5.92 Å². The Morgan fingerprint density at radius 1 is 1.38 bits per heavy atom. The fraction of sp³-hybridized carbons (Fsp3) is 0.562. The molecule has 6 nitrogen and oxygen atoms in total. The number of hydrogen-bond acceptors (Lipinski definition) is 5. The summed E-state index contributed by atoms with van der Waals surface area (Å²) in [6, 6.07) is 6.43. The predicted molar refractivity (Wildman–Crippen MR) is 97.6 cm³/mol. The molecule has 1 aromatic carbocycles. The molecule has 0 saturated heterocycles. The topological polar surface area (TPSA) is 75.7 Å². The minimum absolute atomic E-state index is 0. The molecule has 1 N–H and O–H groups in total. The molecule has 0 aliphatic rings. The molecule has 0 aliphatic carbocycles. The van der Waals surface area contributed by atoms with Gasteiger partial charge in [0.15, 0.2) is 9.84 Å². The monoisotopic (exact) mass is 378 g/mol. The van der Waals surface area contributed by atoms with Crippen LogP contribution in [-0.4, -0.2) is 59.3 Å². The summed E-state index contributed by atoms with van der Waals surface area (Å²) in [5, 5.41) is 2.99. The maximum Gasteiger partial charge on any atom is 0.226 e. The zero-order valence-electron chi connectivity index (χ0n) is 14.6. The Labute approximate surface area is 150 Å². The van der Waals surface area contributed by atoms with Gasteiger partial charge in [-0.3, -0.25) is 4.79 Å². The minimum atomic E-state index is -3.23. The van der Waals surface area contributed by atoms with Gasteiger partial charge in [-0.15, -0.1) is 12.4 Å². The Bertz CT molecular complexity index is 622. The highest BCUT2D eigenvalue weighted by Gasteiger charge is 2.16. The van der Waals surface area contributed by atoms with Crippen molar-refractivity contribution in [2.75, 3.05) is 40.0 Å². The second-order valence-electron chi connectivity index (χ2n) is 5.67. The van der Waals surface area contributed by atoms with Crippen LogP contribution in [0.15, 0.2) is 29.2 Å². The largest absolute Gasteiger partial charge is 0.493 e. The lowest BCUT2D eigenvalue weighted by Crippen LogP contribution is -2.36. The third kappa shape index (κ3) is 7.51. The summed E-state index contributed by atoms with van der Waals surface area (Å²) >= 11 is 0. The van der Waals surface area contributed by atoms with Crippen LogP contribution in [0.5, 0.6) is 5.75 Å². The van der Waals surface area contributed by atoms with Crippen molar-refractivity contribution in [1.29, 1.82) is 0 Å². The molecular formula is C16H27ClN2O4S. The van der Waals surface area contributed by atoms with Crippen molar-refractivity contribution in [2.45, 2.75) is 18.2 Å². The quantitative estimate of drug-likeness (QED) is 0.660. The Balaban J connectivity index is 0.00000529. The number of rotatable bonds is 9. The van der Waals surface area contributed by atoms with Gasteiger partial charge in [0.2, 0.25) is 5.91 Å². The summed E-state index contributed by atoms with van der Waals surface area (Å²) in [5.74, 6) is 0.557. The highest BCUT2D eigenvalue weighted by atomic mass is 35.5. The SMILES string of the molecule is CNCC(C)C(=O)N(C)CCCOc1cccc(S(C)(=O)=O)c1.Cl. The molecule has 1 rings (SSSR count). The van der Waals surface area contributed by atoms with Gasteiger partial charge < -0.3 is 15.0 Å². The van der Waals surface area contributed by atoms with Gasteiger partial charge in [0.25, 0.3) is 0 Å². The first-order chi connectivity index (χ1) is 10.8. The highest BCUT2D eigenvalue weighted by molar-refractivity contribution is 7.90. The lowest BCUT2D eigenvalue weighted by atomic mass is 10.1. The van der Waals surface area contributed by atoms with Crippen molar-refractivity contribution in [2.24, 2.45) is 5.92 Å². The average molecular weight is 379 g/mol. The van der Waals surface area contributed by atoms with Crippen molar-refractivity contribution >= 4 is 28.2 Å². The molecule has 1 aromatic rings. The summed E-state index contributed by atoms with van der Waals surface area (Å²) in [6.07, 6.45) is 1.84. The molecule has 8 heteroatoms. The summed E-state index contributed by atoms with van der Waals surface area (Å²) in [7, 11) is 0.364. The summed E-state index contributed by atoms with van der Waals surface area (Å²) < 4.78 is 28.5. The molecule has 0 aliphatic heterocycles. The van der Waals surface area contributed by atoms with Crippen molar-refractivity contribution in [3.05, 3.63) is 24.3 Å². The summed E-state index contributed by atoms with van der Waals surface area (Å²) in [6.45, 7) is 3.56. The van der Waals surface area contributed by atoms with Crippen molar-refractivity contribution in [1.82, 2.24) is 10.2 Å². The number of amides is 1. The number of nitrogens with zero attached hydrogens (tertiary/aromatic N) is 1. The maximum absolute atomic E-state index is 12.0. The number of halogens is 1. The first-order valence-corrected chi connectivity index (χ1v) is 9.47. The number of ether oxygens (including phenoxy) is 1. The van der Waals surface area contributed by atoms with Gasteiger partial charge in [0, 0.05) is 32.3 Å². The van der Waals surface area contributed by atoms with Crippen molar-refractivity contribution < 1.29 is 17.9 Å². The first kappa shape index (κ1) is 22.7. The smallest absolute Gasteiger partial charge is 0.226 e. The van der Waals surface area contributed by atoms with E-state index >= 15 is 0 Å². The highest BCUT2D eigenvalue weighted by Crippen LogP contribution is 2.17. The van der Waals surface area contributed by atoms with Crippen LogP contribution < -0.4 is 10.1 Å². The molecular weight excluding hydrogens is 352 g/mol. The van der Waals surface area contributed by atoms with Gasteiger partial charge in [-0.25, -0.2) is 8.42 Å². The van der Waals surface area contributed by atoms with Gasteiger partial charge in [-0.1, -0.05) is 13.0 Å². The number of sulfone groups is 1. The third-order valence-corrected chi connectivity index (χ3v) is 4.56. The van der Waals surface area contributed by atoms with E-state index in [1.165, 1.54) is 18.4 Å². The van der Waals surface area contributed by atoms with E-state index < -0.39 is 9.84 Å². The zero-order chi connectivity index (χ0) is 17.5. The lowest BCUT2D eigenvalue weighted by Gasteiger charge is -2.21. The van der Waals surface area contributed by atoms with Crippen LogP contribution in [0.3, 0.4) is 0 Å². The van der Waals surface area contributed by atoms with E-state index in [4.69, 9.17) is 4.74 Å². The molecule has 0 bridgehead atoms. The average Bonchev–Trinajstić information content (AvgIpc) is 2.50. The van der Waals surface area contributed by atoms with Crippen LogP contribution in [0.4, 0.5) is 0 Å². The van der Waals surface area contributed by atoms with E-state index in [0.717, 1.165) is 0 Å². The Morgan fingerprint density at radius 2 is 2.04 bits per heavy atom. The standard InChI is InChI=1S/C16H26N2O4S.ClH/c1-13(12-17-2)16(19)18(3)9-6-10-22-14-7-5-8-15(11-14)23(4,20)21;/h5,7-8,11,13,17H,6,9-10,12H2,1-4H3;1H. The fourth-order valence-corrected chi connectivity index (χ4v) is 2.82. The molecule has 1 atom stereocenters. The van der Waals surface area contributed by atoms with Crippen LogP contribution in [-0.2, 0) is 14.6 Å². The zero-order valence-corrected chi connectivity index (χ0v) is 16.2. The predicted octanol–water partition coefficient (Wildman–Crippen LogP) is 1.59. The third-order valence-electron chi connectivity index (χ3n) is 3.45. The summed E-state index contributed by atoms with van der Waals surface area (Å²) in [5.41, 5.74) is 0.